The highest BCUT2D eigenvalue weighted by Gasteiger charge is 2.32. The number of rotatable bonds is 6. The van der Waals surface area contributed by atoms with E-state index >= 15 is 0 Å². The Morgan fingerprint density at radius 2 is 1.95 bits per heavy atom. The molecule has 2 heterocycles. The van der Waals surface area contributed by atoms with Crippen molar-refractivity contribution in [3.8, 4) is 0 Å². The van der Waals surface area contributed by atoms with Gasteiger partial charge in [0.25, 0.3) is 10.2 Å². The Kier molecular flexibility index (Phi) is 5.64. The van der Waals surface area contributed by atoms with Gasteiger partial charge >= 0.3 is 0 Å². The van der Waals surface area contributed by atoms with Gasteiger partial charge in [0.2, 0.25) is 0 Å². The molecule has 7 nitrogen and oxygen atoms in total. The second-order valence-electron chi connectivity index (χ2n) is 6.05. The molecule has 2 rings (SSSR count). The quantitative estimate of drug-likeness (QED) is 0.660. The van der Waals surface area contributed by atoms with Crippen LogP contribution >= 0.6 is 0 Å². The fourth-order valence-corrected chi connectivity index (χ4v) is 6.32. The summed E-state index contributed by atoms with van der Waals surface area (Å²) in [6.07, 6.45) is 2.45. The van der Waals surface area contributed by atoms with E-state index in [0.717, 1.165) is 19.4 Å². The van der Waals surface area contributed by atoms with Crippen molar-refractivity contribution in [2.75, 3.05) is 44.7 Å². The molecule has 0 saturated carbocycles. The lowest BCUT2D eigenvalue weighted by atomic mass is 10.00. The fraction of sp³-hybridized carbons (Fsp3) is 1.00. The van der Waals surface area contributed by atoms with Gasteiger partial charge in [-0.25, -0.2) is 13.1 Å². The highest BCUT2D eigenvalue weighted by molar-refractivity contribution is 7.91. The second-order valence-corrected chi connectivity index (χ2v) is 10.0. The van der Waals surface area contributed by atoms with Crippen LogP contribution in [0.5, 0.6) is 0 Å². The number of nitrogens with zero attached hydrogens (tertiary/aromatic N) is 1. The third-order valence-corrected chi connectivity index (χ3v) is 7.58. The molecule has 0 spiro atoms. The minimum absolute atomic E-state index is 0.0947. The molecular weight excluding hydrogens is 314 g/mol. The van der Waals surface area contributed by atoms with Crippen molar-refractivity contribution in [2.24, 2.45) is 11.8 Å². The van der Waals surface area contributed by atoms with Gasteiger partial charge in [0.15, 0.2) is 9.84 Å². The smallest absolute Gasteiger partial charge is 0.279 e. The van der Waals surface area contributed by atoms with Gasteiger partial charge in [-0.05, 0) is 44.7 Å². The van der Waals surface area contributed by atoms with Crippen LogP contribution < -0.4 is 10.0 Å². The molecule has 0 radical (unpaired) electrons. The SMILES string of the molecule is CNCC1CCCN(S(=O)(=O)NCC2CCS(=O)(=O)C2)C1. The lowest BCUT2D eigenvalue weighted by molar-refractivity contribution is 0.260. The van der Waals surface area contributed by atoms with Crippen LogP contribution in [0.1, 0.15) is 19.3 Å². The summed E-state index contributed by atoms with van der Waals surface area (Å²) in [5.41, 5.74) is 0. The molecule has 0 aromatic rings. The van der Waals surface area contributed by atoms with Crippen molar-refractivity contribution in [1.29, 1.82) is 0 Å². The Hall–Kier alpha value is -0.220. The molecule has 2 saturated heterocycles. The first-order chi connectivity index (χ1) is 9.82. The number of sulfone groups is 1. The van der Waals surface area contributed by atoms with Crippen LogP contribution in [0.15, 0.2) is 0 Å². The maximum atomic E-state index is 12.3. The van der Waals surface area contributed by atoms with E-state index in [4.69, 9.17) is 0 Å². The molecule has 0 aromatic carbocycles. The zero-order chi connectivity index (χ0) is 15.5. The zero-order valence-electron chi connectivity index (χ0n) is 12.4. The van der Waals surface area contributed by atoms with Crippen LogP contribution in [0.25, 0.3) is 0 Å². The van der Waals surface area contributed by atoms with E-state index in [-0.39, 0.29) is 24.0 Å². The summed E-state index contributed by atoms with van der Waals surface area (Å²) in [4.78, 5) is 0. The van der Waals surface area contributed by atoms with Gasteiger partial charge < -0.3 is 5.32 Å². The van der Waals surface area contributed by atoms with Gasteiger partial charge in [0.1, 0.15) is 0 Å². The summed E-state index contributed by atoms with van der Waals surface area (Å²) in [6.45, 7) is 2.10. The van der Waals surface area contributed by atoms with Gasteiger partial charge in [0.05, 0.1) is 11.5 Å². The molecule has 2 aliphatic rings. The van der Waals surface area contributed by atoms with Crippen molar-refractivity contribution >= 4 is 20.0 Å². The molecule has 2 N–H and O–H groups in total. The van der Waals surface area contributed by atoms with Gasteiger partial charge in [-0.2, -0.15) is 12.7 Å². The first kappa shape index (κ1) is 17.1. The standard InChI is InChI=1S/C12H25N3O4S2/c1-13-7-11-3-2-5-15(9-11)21(18,19)14-8-12-4-6-20(16,17)10-12/h11-14H,2-10H2,1H3. The number of hydrogen-bond acceptors (Lipinski definition) is 5. The number of hydrogen-bond donors (Lipinski definition) is 2. The van der Waals surface area contributed by atoms with E-state index in [1.165, 1.54) is 4.31 Å². The molecule has 2 unspecified atom stereocenters. The summed E-state index contributed by atoms with van der Waals surface area (Å²) in [6, 6.07) is 0. The Morgan fingerprint density at radius 1 is 1.19 bits per heavy atom. The van der Waals surface area contributed by atoms with Crippen molar-refractivity contribution < 1.29 is 16.8 Å². The van der Waals surface area contributed by atoms with Crippen molar-refractivity contribution in [1.82, 2.24) is 14.3 Å². The molecular formula is C12H25N3O4S2. The third-order valence-electron chi connectivity index (χ3n) is 4.20. The lowest BCUT2D eigenvalue weighted by Gasteiger charge is -2.32. The summed E-state index contributed by atoms with van der Waals surface area (Å²) in [7, 11) is -4.59. The van der Waals surface area contributed by atoms with E-state index in [2.05, 4.69) is 10.0 Å². The van der Waals surface area contributed by atoms with Gasteiger partial charge in [0, 0.05) is 19.6 Å². The summed E-state index contributed by atoms with van der Waals surface area (Å²) >= 11 is 0. The van der Waals surface area contributed by atoms with Crippen molar-refractivity contribution in [3.05, 3.63) is 0 Å². The predicted octanol–water partition coefficient (Wildman–Crippen LogP) is -0.813. The number of piperidine rings is 1. The van der Waals surface area contributed by atoms with Crippen LogP contribution in [0.4, 0.5) is 0 Å². The molecule has 124 valence electrons. The highest BCUT2D eigenvalue weighted by atomic mass is 32.2. The van der Waals surface area contributed by atoms with Crippen LogP contribution in [0, 0.1) is 11.8 Å². The van der Waals surface area contributed by atoms with E-state index in [9.17, 15) is 16.8 Å². The van der Waals surface area contributed by atoms with Gasteiger partial charge in [-0.3, -0.25) is 0 Å². The topological polar surface area (TPSA) is 95.6 Å². The Morgan fingerprint density at radius 3 is 2.57 bits per heavy atom. The van der Waals surface area contributed by atoms with Gasteiger partial charge in [-0.15, -0.1) is 0 Å². The van der Waals surface area contributed by atoms with E-state index < -0.39 is 20.0 Å². The molecule has 0 aromatic heterocycles. The Balaban J connectivity index is 1.86. The van der Waals surface area contributed by atoms with Crippen LogP contribution in [0.3, 0.4) is 0 Å². The van der Waals surface area contributed by atoms with E-state index in [1.54, 1.807) is 0 Å². The second kappa shape index (κ2) is 6.91. The van der Waals surface area contributed by atoms with Crippen LogP contribution in [0.2, 0.25) is 0 Å². The minimum Gasteiger partial charge on any atom is -0.319 e. The molecule has 2 aliphatic heterocycles. The van der Waals surface area contributed by atoms with Crippen molar-refractivity contribution in [3.63, 3.8) is 0 Å². The molecule has 0 aliphatic carbocycles. The molecule has 2 atom stereocenters. The monoisotopic (exact) mass is 339 g/mol. The van der Waals surface area contributed by atoms with E-state index in [1.807, 2.05) is 7.05 Å². The fourth-order valence-electron chi connectivity index (χ4n) is 3.05. The van der Waals surface area contributed by atoms with Gasteiger partial charge in [-0.1, -0.05) is 0 Å². The third kappa shape index (κ3) is 4.88. The lowest BCUT2D eigenvalue weighted by Crippen LogP contribution is -2.48. The average molecular weight is 339 g/mol. The molecule has 2 fully saturated rings. The Labute approximate surface area is 127 Å². The average Bonchev–Trinajstić information content (AvgIpc) is 2.77. The summed E-state index contributed by atoms with van der Waals surface area (Å²) in [5.74, 6) is 0.514. The molecule has 21 heavy (non-hydrogen) atoms. The highest BCUT2D eigenvalue weighted by Crippen LogP contribution is 2.20. The Bertz CT molecular complexity index is 545. The zero-order valence-corrected chi connectivity index (χ0v) is 14.0. The molecule has 0 bridgehead atoms. The van der Waals surface area contributed by atoms with E-state index in [0.29, 0.717) is 25.4 Å². The maximum Gasteiger partial charge on any atom is 0.279 e. The van der Waals surface area contributed by atoms with Crippen molar-refractivity contribution in [2.45, 2.75) is 19.3 Å². The molecule has 9 heteroatoms. The largest absolute Gasteiger partial charge is 0.319 e. The minimum atomic E-state index is -3.50. The predicted molar refractivity (Wildman–Crippen MR) is 81.9 cm³/mol. The van der Waals surface area contributed by atoms with Crippen LogP contribution in [-0.2, 0) is 20.0 Å². The number of nitrogens with one attached hydrogen (secondary N) is 2. The van der Waals surface area contributed by atoms with Crippen LogP contribution in [-0.4, -0.2) is 65.9 Å². The summed E-state index contributed by atoms with van der Waals surface area (Å²) < 4.78 is 51.4. The normalized spacial score (nSPS) is 30.5. The first-order valence-electron chi connectivity index (χ1n) is 7.42. The summed E-state index contributed by atoms with van der Waals surface area (Å²) in [5, 5.41) is 3.09. The first-order valence-corrected chi connectivity index (χ1v) is 10.7. The molecule has 0 amide bonds. The maximum absolute atomic E-state index is 12.3.